The van der Waals surface area contributed by atoms with Gasteiger partial charge in [-0.25, -0.2) is 0 Å². The van der Waals surface area contributed by atoms with Gasteiger partial charge in [0.1, 0.15) is 6.04 Å². The zero-order valence-electron chi connectivity index (χ0n) is 12.2. The van der Waals surface area contributed by atoms with Crippen LogP contribution in [0.25, 0.3) is 0 Å². The molecule has 0 bridgehead atoms. The summed E-state index contributed by atoms with van der Waals surface area (Å²) in [6.07, 6.45) is 1.29. The van der Waals surface area contributed by atoms with E-state index in [1.165, 1.54) is 0 Å². The lowest BCUT2D eigenvalue weighted by Gasteiger charge is -2.44. The lowest BCUT2D eigenvalue weighted by molar-refractivity contribution is -0.136. The molecule has 0 saturated heterocycles. The van der Waals surface area contributed by atoms with Crippen molar-refractivity contribution in [2.24, 2.45) is 17.1 Å². The summed E-state index contributed by atoms with van der Waals surface area (Å²) in [5, 5.41) is 5.36. The highest BCUT2D eigenvalue weighted by atomic mass is 32.1. The van der Waals surface area contributed by atoms with Crippen LogP contribution in [0.3, 0.4) is 0 Å². The van der Waals surface area contributed by atoms with E-state index in [0.29, 0.717) is 31.9 Å². The van der Waals surface area contributed by atoms with Crippen LogP contribution < -0.4 is 16.4 Å². The fourth-order valence-electron chi connectivity index (χ4n) is 2.46. The van der Waals surface area contributed by atoms with Crippen molar-refractivity contribution in [1.82, 2.24) is 10.6 Å². The molecular weight excluding hydrogens is 278 g/mol. The first-order chi connectivity index (χ1) is 9.33. The second-order valence-corrected chi connectivity index (χ2v) is 5.88. The predicted molar refractivity (Wildman–Crippen MR) is 80.1 cm³/mol. The summed E-state index contributed by atoms with van der Waals surface area (Å²) in [4.78, 5) is 24.3. The third kappa shape index (κ3) is 3.67. The smallest absolute Gasteiger partial charge is 0.242 e. The first-order valence-electron chi connectivity index (χ1n) is 6.71. The van der Waals surface area contributed by atoms with Gasteiger partial charge in [-0.1, -0.05) is 19.1 Å². The fraction of sp³-hybridized carbons (Fsp3) is 0.769. The van der Waals surface area contributed by atoms with Crippen molar-refractivity contribution >= 4 is 29.0 Å². The van der Waals surface area contributed by atoms with E-state index in [0.717, 1.165) is 0 Å². The predicted octanol–water partition coefficient (Wildman–Crippen LogP) is -0.0439. The summed E-state index contributed by atoms with van der Waals surface area (Å²) in [7, 11) is 1.56. The van der Waals surface area contributed by atoms with Gasteiger partial charge in [-0.15, -0.1) is 0 Å². The average molecular weight is 301 g/mol. The molecule has 1 rings (SSSR count). The number of rotatable bonds is 7. The lowest BCUT2D eigenvalue weighted by atomic mass is 9.62. The van der Waals surface area contributed by atoms with E-state index >= 15 is 0 Å². The van der Waals surface area contributed by atoms with Gasteiger partial charge in [-0.2, -0.15) is 0 Å². The quantitative estimate of drug-likeness (QED) is 0.453. The number of hydrogen-bond acceptors (Lipinski definition) is 4. The van der Waals surface area contributed by atoms with Crippen LogP contribution in [0.4, 0.5) is 0 Å². The van der Waals surface area contributed by atoms with E-state index in [2.05, 4.69) is 10.6 Å². The Balaban J connectivity index is 2.52. The van der Waals surface area contributed by atoms with Gasteiger partial charge in [0.2, 0.25) is 11.8 Å². The standard InChI is InChI=1S/C13H23N3O3S/c1-8-6-13(7-8,11(14)20)12(18)16-9(2)10(17)15-4-5-19-3/h8-9H,4-7H2,1-3H3,(H2,14,20)(H,15,17)(H,16,18). The minimum Gasteiger partial charge on any atom is -0.392 e. The van der Waals surface area contributed by atoms with E-state index in [9.17, 15) is 9.59 Å². The maximum atomic E-state index is 12.3. The van der Waals surface area contributed by atoms with E-state index in [1.807, 2.05) is 6.92 Å². The molecule has 1 aliphatic carbocycles. The Bertz CT molecular complexity index is 394. The van der Waals surface area contributed by atoms with Crippen molar-refractivity contribution in [1.29, 1.82) is 0 Å². The van der Waals surface area contributed by atoms with Gasteiger partial charge in [0.25, 0.3) is 0 Å². The van der Waals surface area contributed by atoms with E-state index in [-0.39, 0.29) is 16.8 Å². The molecule has 20 heavy (non-hydrogen) atoms. The Kier molecular flexibility index (Phi) is 5.88. The molecule has 114 valence electrons. The van der Waals surface area contributed by atoms with Crippen molar-refractivity contribution in [2.75, 3.05) is 20.3 Å². The second-order valence-electron chi connectivity index (χ2n) is 5.44. The Labute approximate surface area is 124 Å². The molecule has 1 unspecified atom stereocenters. The Morgan fingerprint density at radius 2 is 2.10 bits per heavy atom. The Hall–Kier alpha value is -1.21. The highest BCUT2D eigenvalue weighted by Gasteiger charge is 2.51. The first-order valence-corrected chi connectivity index (χ1v) is 7.12. The molecule has 0 aromatic carbocycles. The van der Waals surface area contributed by atoms with Crippen LogP contribution in [0.2, 0.25) is 0 Å². The number of ether oxygens (including phenoxy) is 1. The maximum Gasteiger partial charge on any atom is 0.242 e. The number of thiocarbonyl (C=S) groups is 1. The summed E-state index contributed by atoms with van der Waals surface area (Å²) in [5.41, 5.74) is 4.92. The second kappa shape index (κ2) is 6.99. The van der Waals surface area contributed by atoms with Gasteiger partial charge in [-0.3, -0.25) is 9.59 Å². The van der Waals surface area contributed by atoms with Crippen molar-refractivity contribution < 1.29 is 14.3 Å². The SMILES string of the molecule is COCCNC(=O)C(C)NC(=O)C1(C(N)=S)CC(C)C1. The average Bonchev–Trinajstić information content (AvgIpc) is 2.34. The number of carbonyl (C=O) groups excluding carboxylic acids is 2. The van der Waals surface area contributed by atoms with Crippen molar-refractivity contribution in [3.05, 3.63) is 0 Å². The maximum absolute atomic E-state index is 12.3. The normalized spacial score (nSPS) is 26.2. The van der Waals surface area contributed by atoms with Gasteiger partial charge in [-0.05, 0) is 25.7 Å². The zero-order valence-corrected chi connectivity index (χ0v) is 13.0. The highest BCUT2D eigenvalue weighted by molar-refractivity contribution is 7.80. The third-order valence-electron chi connectivity index (χ3n) is 3.65. The lowest BCUT2D eigenvalue weighted by Crippen LogP contribution is -2.59. The molecule has 0 aliphatic heterocycles. The summed E-state index contributed by atoms with van der Waals surface area (Å²) < 4.78 is 4.84. The van der Waals surface area contributed by atoms with Crippen LogP contribution >= 0.6 is 12.2 Å². The van der Waals surface area contributed by atoms with E-state index in [1.54, 1.807) is 14.0 Å². The number of hydrogen-bond donors (Lipinski definition) is 3. The summed E-state index contributed by atoms with van der Waals surface area (Å²) in [6.45, 7) is 4.52. The number of methoxy groups -OCH3 is 1. The van der Waals surface area contributed by atoms with Crippen LogP contribution in [-0.2, 0) is 14.3 Å². The number of nitrogens with one attached hydrogen (secondary N) is 2. The van der Waals surface area contributed by atoms with Crippen molar-refractivity contribution in [2.45, 2.75) is 32.7 Å². The monoisotopic (exact) mass is 301 g/mol. The molecule has 7 heteroatoms. The van der Waals surface area contributed by atoms with Gasteiger partial charge in [0, 0.05) is 13.7 Å². The molecule has 0 aromatic heterocycles. The van der Waals surface area contributed by atoms with Crippen LogP contribution in [0, 0.1) is 11.3 Å². The zero-order chi connectivity index (χ0) is 15.3. The minimum atomic E-state index is -0.782. The van der Waals surface area contributed by atoms with Gasteiger partial charge < -0.3 is 21.1 Å². The van der Waals surface area contributed by atoms with Crippen LogP contribution in [-0.4, -0.2) is 43.1 Å². The molecule has 1 saturated carbocycles. The molecule has 0 heterocycles. The highest BCUT2D eigenvalue weighted by Crippen LogP contribution is 2.46. The Morgan fingerprint density at radius 1 is 1.50 bits per heavy atom. The number of nitrogens with two attached hydrogens (primary N) is 1. The molecule has 0 radical (unpaired) electrons. The van der Waals surface area contributed by atoms with Crippen LogP contribution in [0.5, 0.6) is 0 Å². The largest absolute Gasteiger partial charge is 0.392 e. The molecule has 6 nitrogen and oxygen atoms in total. The van der Waals surface area contributed by atoms with Crippen LogP contribution in [0.15, 0.2) is 0 Å². The Morgan fingerprint density at radius 3 is 2.55 bits per heavy atom. The van der Waals surface area contributed by atoms with Gasteiger partial charge in [0.15, 0.2) is 0 Å². The molecule has 0 spiro atoms. The van der Waals surface area contributed by atoms with Gasteiger partial charge >= 0.3 is 0 Å². The van der Waals surface area contributed by atoms with Crippen LogP contribution in [0.1, 0.15) is 26.7 Å². The van der Waals surface area contributed by atoms with Crippen molar-refractivity contribution in [3.8, 4) is 0 Å². The molecular formula is C13H23N3O3S. The minimum absolute atomic E-state index is 0.208. The molecule has 1 aliphatic rings. The fourth-order valence-corrected chi connectivity index (χ4v) is 2.72. The summed E-state index contributed by atoms with van der Waals surface area (Å²) >= 11 is 5.01. The molecule has 4 N–H and O–H groups in total. The molecule has 2 amide bonds. The topological polar surface area (TPSA) is 93.5 Å². The molecule has 1 fully saturated rings. The third-order valence-corrected chi connectivity index (χ3v) is 4.04. The number of amides is 2. The first kappa shape index (κ1) is 16.8. The van der Waals surface area contributed by atoms with Crippen molar-refractivity contribution in [3.63, 3.8) is 0 Å². The molecule has 1 atom stereocenters. The summed E-state index contributed by atoms with van der Waals surface area (Å²) in [6, 6.07) is -0.624. The number of carbonyl (C=O) groups is 2. The summed E-state index contributed by atoms with van der Waals surface area (Å²) in [5.74, 6) is -0.0774. The van der Waals surface area contributed by atoms with Gasteiger partial charge in [0.05, 0.1) is 17.0 Å². The van der Waals surface area contributed by atoms with E-state index < -0.39 is 11.5 Å². The van der Waals surface area contributed by atoms with E-state index in [4.69, 9.17) is 22.7 Å². The molecule has 0 aromatic rings.